The second-order valence-corrected chi connectivity index (χ2v) is 4.05. The molecule has 0 saturated carbocycles. The molecule has 1 N–H and O–H groups in total. The fourth-order valence-electron chi connectivity index (χ4n) is 1.52. The Kier molecular flexibility index (Phi) is 6.03. The topological polar surface area (TPSA) is 54.2 Å². The third-order valence-electron chi connectivity index (χ3n) is 2.35. The first-order valence-corrected chi connectivity index (χ1v) is 5.90. The molecule has 92 valence electrons. The zero-order valence-corrected chi connectivity index (χ0v) is 10.5. The van der Waals surface area contributed by atoms with Gasteiger partial charge < -0.3 is 9.84 Å². The van der Waals surface area contributed by atoms with E-state index >= 15 is 0 Å². The van der Waals surface area contributed by atoms with Crippen LogP contribution in [0, 0.1) is 0 Å². The third-order valence-corrected chi connectivity index (χ3v) is 2.35. The minimum absolute atomic E-state index is 0.751. The first-order valence-electron chi connectivity index (χ1n) is 5.90. The van der Waals surface area contributed by atoms with Crippen molar-refractivity contribution in [1.82, 2.24) is 20.4 Å². The van der Waals surface area contributed by atoms with E-state index in [1.165, 1.54) is 0 Å². The molecule has 5 nitrogen and oxygen atoms in total. The average Bonchev–Trinajstić information content (AvgIpc) is 2.66. The minimum Gasteiger partial charge on any atom is -0.339 e. The van der Waals surface area contributed by atoms with Gasteiger partial charge in [-0.1, -0.05) is 12.1 Å². The van der Waals surface area contributed by atoms with Crippen LogP contribution in [0.5, 0.6) is 0 Å². The van der Waals surface area contributed by atoms with E-state index in [2.05, 4.69) is 34.3 Å². The molecule has 0 aliphatic rings. The standard InChI is InChI=1S/C11H22N4O/c1-4-6-11-13-10(14-16-11)9-15(3)8-5-7-12-2/h12H,4-9H2,1-3H3. The number of aryl methyl sites for hydroxylation is 1. The maximum atomic E-state index is 5.13. The van der Waals surface area contributed by atoms with Crippen molar-refractivity contribution in [3.63, 3.8) is 0 Å². The molecule has 0 atom stereocenters. The molecule has 0 saturated heterocycles. The smallest absolute Gasteiger partial charge is 0.226 e. The van der Waals surface area contributed by atoms with Crippen molar-refractivity contribution in [2.75, 3.05) is 27.2 Å². The molecule has 1 aromatic rings. The molecular formula is C11H22N4O. The van der Waals surface area contributed by atoms with Gasteiger partial charge in [-0.3, -0.25) is 4.90 Å². The van der Waals surface area contributed by atoms with Crippen molar-refractivity contribution in [1.29, 1.82) is 0 Å². The van der Waals surface area contributed by atoms with Crippen molar-refractivity contribution < 1.29 is 4.52 Å². The molecule has 0 aliphatic carbocycles. The summed E-state index contributed by atoms with van der Waals surface area (Å²) in [5, 5.41) is 7.09. The van der Waals surface area contributed by atoms with Crippen molar-refractivity contribution in [2.45, 2.75) is 32.7 Å². The molecule has 1 aromatic heterocycles. The highest BCUT2D eigenvalue weighted by Gasteiger charge is 2.07. The minimum atomic E-state index is 0.751. The lowest BCUT2D eigenvalue weighted by atomic mass is 10.3. The van der Waals surface area contributed by atoms with Gasteiger partial charge in [0.2, 0.25) is 5.89 Å². The van der Waals surface area contributed by atoms with E-state index in [1.807, 2.05) is 7.05 Å². The summed E-state index contributed by atoms with van der Waals surface area (Å²) >= 11 is 0. The summed E-state index contributed by atoms with van der Waals surface area (Å²) in [4.78, 5) is 6.54. The lowest BCUT2D eigenvalue weighted by molar-refractivity contribution is 0.302. The van der Waals surface area contributed by atoms with Gasteiger partial charge in [-0.05, 0) is 40.0 Å². The molecule has 5 heteroatoms. The summed E-state index contributed by atoms with van der Waals surface area (Å²) in [5.41, 5.74) is 0. The van der Waals surface area contributed by atoms with Crippen molar-refractivity contribution in [3.8, 4) is 0 Å². The average molecular weight is 226 g/mol. The van der Waals surface area contributed by atoms with E-state index in [4.69, 9.17) is 4.52 Å². The lowest BCUT2D eigenvalue weighted by Crippen LogP contribution is -2.22. The Morgan fingerprint density at radius 2 is 2.25 bits per heavy atom. The molecule has 1 heterocycles. The molecule has 0 fully saturated rings. The largest absolute Gasteiger partial charge is 0.339 e. The quantitative estimate of drug-likeness (QED) is 0.672. The van der Waals surface area contributed by atoms with Crippen LogP contribution in [-0.4, -0.2) is 42.2 Å². The SMILES string of the molecule is CCCc1nc(CN(C)CCCNC)no1. The molecule has 0 amide bonds. The number of rotatable bonds is 8. The fraction of sp³-hybridized carbons (Fsp3) is 0.818. The van der Waals surface area contributed by atoms with Gasteiger partial charge in [-0.2, -0.15) is 4.98 Å². The molecule has 1 rings (SSSR count). The van der Waals surface area contributed by atoms with Crippen LogP contribution >= 0.6 is 0 Å². The highest BCUT2D eigenvalue weighted by molar-refractivity contribution is 4.86. The Balaban J connectivity index is 2.28. The highest BCUT2D eigenvalue weighted by Crippen LogP contribution is 2.03. The number of nitrogens with one attached hydrogen (secondary N) is 1. The summed E-state index contributed by atoms with van der Waals surface area (Å²) in [7, 11) is 4.04. The molecule has 0 spiro atoms. The van der Waals surface area contributed by atoms with E-state index in [0.29, 0.717) is 0 Å². The fourth-order valence-corrected chi connectivity index (χ4v) is 1.52. The molecular weight excluding hydrogens is 204 g/mol. The summed E-state index contributed by atoms with van der Waals surface area (Å²) in [6.45, 7) is 4.95. The first kappa shape index (κ1) is 13.1. The number of nitrogens with zero attached hydrogens (tertiary/aromatic N) is 3. The van der Waals surface area contributed by atoms with Crippen LogP contribution in [0.4, 0.5) is 0 Å². The van der Waals surface area contributed by atoms with Crippen LogP contribution in [-0.2, 0) is 13.0 Å². The van der Waals surface area contributed by atoms with Gasteiger partial charge in [0.05, 0.1) is 6.54 Å². The summed E-state index contributed by atoms with van der Waals surface area (Å²) in [6.07, 6.45) is 3.04. The van der Waals surface area contributed by atoms with Crippen LogP contribution in [0.3, 0.4) is 0 Å². The second-order valence-electron chi connectivity index (χ2n) is 4.05. The van der Waals surface area contributed by atoms with E-state index in [-0.39, 0.29) is 0 Å². The van der Waals surface area contributed by atoms with Crippen LogP contribution < -0.4 is 5.32 Å². The van der Waals surface area contributed by atoms with Gasteiger partial charge in [0.15, 0.2) is 5.82 Å². The van der Waals surface area contributed by atoms with Gasteiger partial charge in [0.25, 0.3) is 0 Å². The van der Waals surface area contributed by atoms with Gasteiger partial charge in [0, 0.05) is 6.42 Å². The molecule has 0 bridgehead atoms. The molecule has 0 aliphatic heterocycles. The Labute approximate surface area is 97.2 Å². The van der Waals surface area contributed by atoms with Gasteiger partial charge in [-0.15, -0.1) is 0 Å². The van der Waals surface area contributed by atoms with Crippen LogP contribution in [0.15, 0.2) is 4.52 Å². The maximum absolute atomic E-state index is 5.13. The van der Waals surface area contributed by atoms with E-state index < -0.39 is 0 Å². The Hall–Kier alpha value is -0.940. The molecule has 0 unspecified atom stereocenters. The van der Waals surface area contributed by atoms with Gasteiger partial charge in [-0.25, -0.2) is 0 Å². The molecule has 0 aromatic carbocycles. The summed E-state index contributed by atoms with van der Waals surface area (Å²) in [5.74, 6) is 1.54. The number of hydrogen-bond acceptors (Lipinski definition) is 5. The molecule has 0 radical (unpaired) electrons. The first-order chi connectivity index (χ1) is 7.76. The summed E-state index contributed by atoms with van der Waals surface area (Å²) < 4.78 is 5.13. The van der Waals surface area contributed by atoms with E-state index in [1.54, 1.807) is 0 Å². The predicted molar refractivity (Wildman–Crippen MR) is 63.2 cm³/mol. The predicted octanol–water partition coefficient (Wildman–Crippen LogP) is 1.06. The Bertz CT molecular complexity index is 287. The van der Waals surface area contributed by atoms with Crippen LogP contribution in [0.25, 0.3) is 0 Å². The van der Waals surface area contributed by atoms with Crippen LogP contribution in [0.2, 0.25) is 0 Å². The maximum Gasteiger partial charge on any atom is 0.226 e. The number of aromatic nitrogens is 2. The van der Waals surface area contributed by atoms with Gasteiger partial charge in [0.1, 0.15) is 0 Å². The van der Waals surface area contributed by atoms with Crippen molar-refractivity contribution >= 4 is 0 Å². The Morgan fingerprint density at radius 3 is 2.94 bits per heavy atom. The molecule has 16 heavy (non-hydrogen) atoms. The summed E-state index contributed by atoms with van der Waals surface area (Å²) in [6, 6.07) is 0. The van der Waals surface area contributed by atoms with E-state index in [0.717, 1.165) is 50.6 Å². The third kappa shape index (κ3) is 4.72. The zero-order chi connectivity index (χ0) is 11.8. The van der Waals surface area contributed by atoms with Crippen LogP contribution in [0.1, 0.15) is 31.5 Å². The second kappa shape index (κ2) is 7.35. The van der Waals surface area contributed by atoms with E-state index in [9.17, 15) is 0 Å². The zero-order valence-electron chi connectivity index (χ0n) is 10.5. The highest BCUT2D eigenvalue weighted by atomic mass is 16.5. The van der Waals surface area contributed by atoms with Crippen molar-refractivity contribution in [3.05, 3.63) is 11.7 Å². The Morgan fingerprint density at radius 1 is 1.44 bits per heavy atom. The normalized spacial score (nSPS) is 11.2. The van der Waals surface area contributed by atoms with Crippen molar-refractivity contribution in [2.24, 2.45) is 0 Å². The lowest BCUT2D eigenvalue weighted by Gasteiger charge is -2.13. The monoisotopic (exact) mass is 226 g/mol. The van der Waals surface area contributed by atoms with Gasteiger partial charge >= 0.3 is 0 Å². The number of hydrogen-bond donors (Lipinski definition) is 1.